The molecule has 0 aromatic heterocycles. The predicted octanol–water partition coefficient (Wildman–Crippen LogP) is 3.84. The number of phenolic OH excluding ortho intramolecular Hbond substituents is 1. The van der Waals surface area contributed by atoms with Gasteiger partial charge in [-0.05, 0) is 53.8 Å². The number of phenols is 1. The first-order valence-electron chi connectivity index (χ1n) is 9.04. The van der Waals surface area contributed by atoms with Gasteiger partial charge in [0.1, 0.15) is 5.75 Å². The monoisotopic (exact) mass is 351 g/mol. The summed E-state index contributed by atoms with van der Waals surface area (Å²) in [6.45, 7) is 5.82. The minimum atomic E-state index is -0.0188. The van der Waals surface area contributed by atoms with Crippen molar-refractivity contribution in [3.05, 3.63) is 65.7 Å². The van der Waals surface area contributed by atoms with Crippen molar-refractivity contribution in [2.24, 2.45) is 0 Å². The molecular formula is C22H25NO3. The minimum Gasteiger partial charge on any atom is -0.504 e. The molecule has 2 unspecified atom stereocenters. The largest absolute Gasteiger partial charge is 0.504 e. The second kappa shape index (κ2) is 6.36. The quantitative estimate of drug-likeness (QED) is 0.831. The van der Waals surface area contributed by atoms with Gasteiger partial charge in [-0.15, -0.1) is 6.58 Å². The van der Waals surface area contributed by atoms with Crippen LogP contribution in [0.5, 0.6) is 17.2 Å². The van der Waals surface area contributed by atoms with Gasteiger partial charge in [-0.25, -0.2) is 0 Å². The number of benzene rings is 2. The number of ether oxygens (including phenoxy) is 2. The highest BCUT2D eigenvalue weighted by atomic mass is 16.5. The summed E-state index contributed by atoms with van der Waals surface area (Å²) in [7, 11) is 3.29. The smallest absolute Gasteiger partial charge is 0.160 e. The van der Waals surface area contributed by atoms with Crippen LogP contribution in [-0.2, 0) is 12.0 Å². The van der Waals surface area contributed by atoms with E-state index in [1.54, 1.807) is 14.2 Å². The molecule has 1 aliphatic heterocycles. The van der Waals surface area contributed by atoms with Crippen LogP contribution in [-0.4, -0.2) is 37.3 Å². The second-order valence-corrected chi connectivity index (χ2v) is 7.12. The maximum Gasteiger partial charge on any atom is 0.160 e. The van der Waals surface area contributed by atoms with Gasteiger partial charge in [-0.3, -0.25) is 4.90 Å². The first-order chi connectivity index (χ1) is 12.6. The fourth-order valence-corrected chi connectivity index (χ4v) is 4.58. The molecule has 4 nitrogen and oxygen atoms in total. The molecule has 2 aromatic rings. The number of nitrogens with zero attached hydrogens (tertiary/aromatic N) is 1. The zero-order chi connectivity index (χ0) is 18.3. The summed E-state index contributed by atoms with van der Waals surface area (Å²) in [5.41, 5.74) is 3.88. The van der Waals surface area contributed by atoms with Gasteiger partial charge in [-0.2, -0.15) is 0 Å². The first-order valence-corrected chi connectivity index (χ1v) is 9.04. The van der Waals surface area contributed by atoms with E-state index >= 15 is 0 Å². The van der Waals surface area contributed by atoms with Crippen LogP contribution in [0.1, 0.15) is 29.0 Å². The molecule has 0 amide bonds. The summed E-state index contributed by atoms with van der Waals surface area (Å²) < 4.78 is 10.6. The van der Waals surface area contributed by atoms with Crippen molar-refractivity contribution in [1.82, 2.24) is 4.90 Å². The predicted molar refractivity (Wildman–Crippen MR) is 102 cm³/mol. The van der Waals surface area contributed by atoms with Crippen LogP contribution in [0.4, 0.5) is 0 Å². The van der Waals surface area contributed by atoms with Crippen molar-refractivity contribution in [1.29, 1.82) is 0 Å². The van der Waals surface area contributed by atoms with Gasteiger partial charge in [0, 0.05) is 19.0 Å². The van der Waals surface area contributed by atoms with E-state index in [-0.39, 0.29) is 11.3 Å². The van der Waals surface area contributed by atoms with Crippen LogP contribution in [0.25, 0.3) is 0 Å². The number of fused-ring (bicyclic) bond motifs is 2. The first kappa shape index (κ1) is 17.0. The minimum absolute atomic E-state index is 0.0188. The van der Waals surface area contributed by atoms with Crippen LogP contribution >= 0.6 is 0 Å². The number of rotatable bonds is 5. The van der Waals surface area contributed by atoms with Gasteiger partial charge < -0.3 is 14.6 Å². The molecular weight excluding hydrogens is 326 g/mol. The Labute approximate surface area is 154 Å². The summed E-state index contributed by atoms with van der Waals surface area (Å²) >= 11 is 0. The second-order valence-electron chi connectivity index (χ2n) is 7.12. The molecule has 1 fully saturated rings. The summed E-state index contributed by atoms with van der Waals surface area (Å²) in [5, 5.41) is 10.2. The fraction of sp³-hybridized carbons (Fsp3) is 0.364. The zero-order valence-electron chi connectivity index (χ0n) is 15.4. The molecule has 2 aliphatic rings. The van der Waals surface area contributed by atoms with E-state index in [0.717, 1.165) is 37.2 Å². The Kier molecular flexibility index (Phi) is 4.16. The highest BCUT2D eigenvalue weighted by Gasteiger charge is 2.61. The molecule has 26 heavy (non-hydrogen) atoms. The highest BCUT2D eigenvalue weighted by molar-refractivity contribution is 5.53. The SMILES string of the molecule is C=CCN1CCc2cc(OC)ccc2C12CC2c1ccc(OC)c(O)c1. The van der Waals surface area contributed by atoms with Crippen LogP contribution in [0, 0.1) is 0 Å². The van der Waals surface area contributed by atoms with E-state index in [0.29, 0.717) is 11.7 Å². The lowest BCUT2D eigenvalue weighted by Gasteiger charge is -2.38. The zero-order valence-corrected chi connectivity index (χ0v) is 15.4. The van der Waals surface area contributed by atoms with Crippen LogP contribution in [0.2, 0.25) is 0 Å². The molecule has 1 spiro atoms. The van der Waals surface area contributed by atoms with Crippen molar-refractivity contribution >= 4 is 0 Å². The molecule has 1 heterocycles. The van der Waals surface area contributed by atoms with Gasteiger partial charge in [0.2, 0.25) is 0 Å². The molecule has 0 saturated heterocycles. The molecule has 2 aromatic carbocycles. The third kappa shape index (κ3) is 2.48. The molecule has 0 bridgehead atoms. The third-order valence-electron chi connectivity index (χ3n) is 5.88. The molecule has 1 saturated carbocycles. The van der Waals surface area contributed by atoms with Crippen molar-refractivity contribution in [2.45, 2.75) is 24.3 Å². The molecule has 136 valence electrons. The summed E-state index contributed by atoms with van der Waals surface area (Å²) in [6.07, 6.45) is 4.05. The van der Waals surface area contributed by atoms with E-state index in [4.69, 9.17) is 9.47 Å². The Bertz CT molecular complexity index is 847. The van der Waals surface area contributed by atoms with Gasteiger partial charge in [-0.1, -0.05) is 18.2 Å². The van der Waals surface area contributed by atoms with E-state index in [1.165, 1.54) is 11.1 Å². The normalized spacial score (nSPS) is 24.2. The Morgan fingerprint density at radius 3 is 2.77 bits per heavy atom. The van der Waals surface area contributed by atoms with Crippen LogP contribution in [0.15, 0.2) is 49.1 Å². The van der Waals surface area contributed by atoms with Gasteiger partial charge in [0.25, 0.3) is 0 Å². The maximum absolute atomic E-state index is 10.2. The lowest BCUT2D eigenvalue weighted by molar-refractivity contribution is 0.177. The van der Waals surface area contributed by atoms with E-state index in [1.807, 2.05) is 18.2 Å². The number of hydrogen-bond acceptors (Lipinski definition) is 4. The number of methoxy groups -OCH3 is 2. The lowest BCUT2D eigenvalue weighted by atomic mass is 9.87. The Hall–Kier alpha value is -2.46. The van der Waals surface area contributed by atoms with E-state index < -0.39 is 0 Å². The molecule has 1 N–H and O–H groups in total. The Morgan fingerprint density at radius 2 is 2.08 bits per heavy atom. The highest BCUT2D eigenvalue weighted by Crippen LogP contribution is 2.64. The van der Waals surface area contributed by atoms with Crippen molar-refractivity contribution < 1.29 is 14.6 Å². The average molecular weight is 351 g/mol. The molecule has 4 rings (SSSR count). The van der Waals surface area contributed by atoms with Crippen LogP contribution in [0.3, 0.4) is 0 Å². The summed E-state index contributed by atoms with van der Waals surface area (Å²) in [4.78, 5) is 2.53. The van der Waals surface area contributed by atoms with E-state index in [2.05, 4.69) is 35.7 Å². The fourth-order valence-electron chi connectivity index (χ4n) is 4.58. The van der Waals surface area contributed by atoms with Gasteiger partial charge >= 0.3 is 0 Å². The summed E-state index contributed by atoms with van der Waals surface area (Å²) in [5.74, 6) is 1.98. The molecule has 2 atom stereocenters. The van der Waals surface area contributed by atoms with Crippen molar-refractivity contribution in [2.75, 3.05) is 27.3 Å². The number of hydrogen-bond donors (Lipinski definition) is 1. The van der Waals surface area contributed by atoms with Crippen molar-refractivity contribution in [3.63, 3.8) is 0 Å². The Balaban J connectivity index is 1.76. The van der Waals surface area contributed by atoms with E-state index in [9.17, 15) is 5.11 Å². The average Bonchev–Trinajstić information content (AvgIpc) is 3.40. The topological polar surface area (TPSA) is 41.9 Å². The van der Waals surface area contributed by atoms with Gasteiger partial charge in [0.05, 0.1) is 19.8 Å². The molecule has 4 heteroatoms. The molecule has 0 radical (unpaired) electrons. The van der Waals surface area contributed by atoms with Gasteiger partial charge in [0.15, 0.2) is 11.5 Å². The van der Waals surface area contributed by atoms with Crippen LogP contribution < -0.4 is 9.47 Å². The Morgan fingerprint density at radius 1 is 1.23 bits per heavy atom. The number of aromatic hydroxyl groups is 1. The molecule has 1 aliphatic carbocycles. The standard InChI is InChI=1S/C22H25NO3/c1-4-10-23-11-9-16-12-17(25-2)6-7-18(16)22(23)14-19(22)15-5-8-21(26-3)20(24)13-15/h4-8,12-13,19,24H,1,9-11,14H2,2-3H3. The maximum atomic E-state index is 10.2. The van der Waals surface area contributed by atoms with Crippen molar-refractivity contribution in [3.8, 4) is 17.2 Å². The third-order valence-corrected chi connectivity index (χ3v) is 5.88. The lowest BCUT2D eigenvalue weighted by Crippen LogP contribution is -2.42. The summed E-state index contributed by atoms with van der Waals surface area (Å²) in [6, 6.07) is 12.2.